The summed E-state index contributed by atoms with van der Waals surface area (Å²) in [4.78, 5) is 10.3. The van der Waals surface area contributed by atoms with E-state index < -0.39 is 5.97 Å². The molecule has 9 heavy (non-hydrogen) atoms. The van der Waals surface area contributed by atoms with Crippen LogP contribution in [0.25, 0.3) is 0 Å². The summed E-state index contributed by atoms with van der Waals surface area (Å²) in [5.41, 5.74) is 0. The molecule has 4 nitrogen and oxygen atoms in total. The van der Waals surface area contributed by atoms with Gasteiger partial charge in [0.05, 0.1) is 0 Å². The van der Waals surface area contributed by atoms with Crippen LogP contribution in [0.2, 0.25) is 0 Å². The minimum absolute atomic E-state index is 0.341. The van der Waals surface area contributed by atoms with E-state index in [0.29, 0.717) is 13.1 Å². The Kier molecular flexibility index (Phi) is 2.02. The van der Waals surface area contributed by atoms with Gasteiger partial charge in [-0.15, -0.1) is 0 Å². The third kappa shape index (κ3) is 1.65. The molecule has 1 aliphatic rings. The average Bonchev–Trinajstić information content (AvgIpc) is 1.90. The summed E-state index contributed by atoms with van der Waals surface area (Å²) >= 11 is 0. The van der Waals surface area contributed by atoms with Crippen molar-refractivity contribution in [3.63, 3.8) is 0 Å². The van der Waals surface area contributed by atoms with Crippen LogP contribution in [0, 0.1) is 0 Å². The van der Waals surface area contributed by atoms with Crippen molar-refractivity contribution in [2.45, 2.75) is 12.5 Å². The Morgan fingerprint density at radius 3 is 2.78 bits per heavy atom. The van der Waals surface area contributed by atoms with Crippen molar-refractivity contribution in [3.8, 4) is 0 Å². The van der Waals surface area contributed by atoms with Crippen molar-refractivity contribution < 1.29 is 9.90 Å². The molecule has 0 aromatic rings. The van der Waals surface area contributed by atoms with Gasteiger partial charge in [0.2, 0.25) is 0 Å². The molecule has 3 N–H and O–H groups in total. The molecule has 0 aromatic heterocycles. The van der Waals surface area contributed by atoms with Gasteiger partial charge in [0.25, 0.3) is 0 Å². The maximum atomic E-state index is 10.3. The van der Waals surface area contributed by atoms with Gasteiger partial charge in [-0.25, -0.2) is 0 Å². The summed E-state index contributed by atoms with van der Waals surface area (Å²) in [6, 6.07) is -0.341. The fraction of sp³-hybridized carbons (Fsp3) is 0.800. The first kappa shape index (κ1) is 6.51. The average molecular weight is 130 g/mol. The van der Waals surface area contributed by atoms with Crippen molar-refractivity contribution >= 4 is 5.97 Å². The number of carboxylic acids is 1. The molecular weight excluding hydrogens is 120 g/mol. The number of carboxylic acid groups (broad SMARTS) is 1. The van der Waals surface area contributed by atoms with Crippen LogP contribution in [0.3, 0.4) is 0 Å². The number of hydrogen-bond acceptors (Lipinski definition) is 3. The smallest absolute Gasteiger partial charge is 0.320 e. The van der Waals surface area contributed by atoms with Crippen LogP contribution >= 0.6 is 0 Å². The van der Waals surface area contributed by atoms with E-state index in [1.54, 1.807) is 0 Å². The second kappa shape index (κ2) is 2.80. The third-order valence-electron chi connectivity index (χ3n) is 1.38. The second-order valence-electron chi connectivity index (χ2n) is 2.06. The summed E-state index contributed by atoms with van der Waals surface area (Å²) in [6.07, 6.45) is 0.676. The lowest BCUT2D eigenvalue weighted by Gasteiger charge is -2.20. The highest BCUT2D eigenvalue weighted by molar-refractivity contribution is 5.73. The Balaban J connectivity index is 2.31. The lowest BCUT2D eigenvalue weighted by Crippen LogP contribution is -2.48. The summed E-state index contributed by atoms with van der Waals surface area (Å²) < 4.78 is 0. The van der Waals surface area contributed by atoms with Gasteiger partial charge in [-0.1, -0.05) is 0 Å². The predicted molar refractivity (Wildman–Crippen MR) is 32.0 cm³/mol. The van der Waals surface area contributed by atoms with Crippen molar-refractivity contribution in [3.05, 3.63) is 0 Å². The molecule has 1 unspecified atom stereocenters. The Morgan fingerprint density at radius 1 is 1.67 bits per heavy atom. The number of nitrogens with one attached hydrogen (secondary N) is 2. The van der Waals surface area contributed by atoms with Gasteiger partial charge in [-0.05, 0) is 13.0 Å². The first-order chi connectivity index (χ1) is 4.30. The molecule has 1 heterocycles. The fourth-order valence-electron chi connectivity index (χ4n) is 0.843. The van der Waals surface area contributed by atoms with Crippen LogP contribution < -0.4 is 10.6 Å². The van der Waals surface area contributed by atoms with E-state index in [2.05, 4.69) is 10.6 Å². The molecule has 1 saturated heterocycles. The van der Waals surface area contributed by atoms with Gasteiger partial charge in [0.15, 0.2) is 0 Å². The first-order valence-corrected chi connectivity index (χ1v) is 2.97. The Hall–Kier alpha value is -0.610. The molecule has 1 aliphatic heterocycles. The monoisotopic (exact) mass is 130 g/mol. The molecule has 4 heteroatoms. The lowest BCUT2D eigenvalue weighted by atomic mass is 10.2. The normalized spacial score (nSPS) is 27.8. The zero-order valence-electron chi connectivity index (χ0n) is 5.05. The highest BCUT2D eigenvalue weighted by Crippen LogP contribution is 1.93. The zero-order chi connectivity index (χ0) is 6.69. The standard InChI is InChI=1S/C5H10N2O2/c8-5(9)4-1-2-6-3-7-4/h4,6-7H,1-3H2,(H,8,9). The van der Waals surface area contributed by atoms with E-state index >= 15 is 0 Å². The number of aliphatic carboxylic acids is 1. The van der Waals surface area contributed by atoms with E-state index in [-0.39, 0.29) is 6.04 Å². The molecule has 1 atom stereocenters. The van der Waals surface area contributed by atoms with E-state index in [1.165, 1.54) is 0 Å². The molecule has 1 rings (SSSR count). The van der Waals surface area contributed by atoms with Crippen molar-refractivity contribution in [2.75, 3.05) is 13.2 Å². The van der Waals surface area contributed by atoms with Gasteiger partial charge < -0.3 is 10.4 Å². The Bertz CT molecular complexity index is 110. The van der Waals surface area contributed by atoms with Crippen LogP contribution in [0.5, 0.6) is 0 Å². The largest absolute Gasteiger partial charge is 0.480 e. The maximum absolute atomic E-state index is 10.3. The number of rotatable bonds is 1. The van der Waals surface area contributed by atoms with Crippen LogP contribution in [0.4, 0.5) is 0 Å². The fourth-order valence-corrected chi connectivity index (χ4v) is 0.843. The minimum atomic E-state index is -0.753. The second-order valence-corrected chi connectivity index (χ2v) is 2.06. The molecule has 0 spiro atoms. The zero-order valence-corrected chi connectivity index (χ0v) is 5.05. The van der Waals surface area contributed by atoms with Crippen LogP contribution in [0.15, 0.2) is 0 Å². The number of carbonyl (C=O) groups is 1. The first-order valence-electron chi connectivity index (χ1n) is 2.97. The van der Waals surface area contributed by atoms with E-state index in [9.17, 15) is 4.79 Å². The SMILES string of the molecule is O=C(O)C1CCNCN1. The molecule has 0 aliphatic carbocycles. The van der Waals surface area contributed by atoms with Crippen LogP contribution in [0.1, 0.15) is 6.42 Å². The summed E-state index contributed by atoms with van der Waals surface area (Å²) in [7, 11) is 0. The Morgan fingerprint density at radius 2 is 2.44 bits per heavy atom. The van der Waals surface area contributed by atoms with Gasteiger partial charge in [0, 0.05) is 6.67 Å². The van der Waals surface area contributed by atoms with Gasteiger partial charge in [-0.3, -0.25) is 10.1 Å². The summed E-state index contributed by atoms with van der Waals surface area (Å²) in [6.45, 7) is 1.40. The van der Waals surface area contributed by atoms with Crippen LogP contribution in [-0.2, 0) is 4.79 Å². The van der Waals surface area contributed by atoms with Crippen LogP contribution in [-0.4, -0.2) is 30.3 Å². The highest BCUT2D eigenvalue weighted by Gasteiger charge is 2.18. The maximum Gasteiger partial charge on any atom is 0.320 e. The van der Waals surface area contributed by atoms with E-state index in [1.807, 2.05) is 0 Å². The van der Waals surface area contributed by atoms with E-state index in [4.69, 9.17) is 5.11 Å². The molecule has 0 amide bonds. The molecule has 1 fully saturated rings. The quantitative estimate of drug-likeness (QED) is 0.425. The number of hydrogen-bond donors (Lipinski definition) is 3. The molecule has 0 aromatic carbocycles. The van der Waals surface area contributed by atoms with Crippen molar-refractivity contribution in [2.24, 2.45) is 0 Å². The van der Waals surface area contributed by atoms with Gasteiger partial charge >= 0.3 is 5.97 Å². The predicted octanol–water partition coefficient (Wildman–Crippen LogP) is -1.02. The lowest BCUT2D eigenvalue weighted by molar-refractivity contribution is -0.140. The van der Waals surface area contributed by atoms with Gasteiger partial charge in [0.1, 0.15) is 6.04 Å². The molecule has 52 valence electrons. The Labute approximate surface area is 53.2 Å². The van der Waals surface area contributed by atoms with Crippen molar-refractivity contribution in [1.82, 2.24) is 10.6 Å². The van der Waals surface area contributed by atoms with Gasteiger partial charge in [-0.2, -0.15) is 0 Å². The topological polar surface area (TPSA) is 61.4 Å². The molecule has 0 saturated carbocycles. The third-order valence-corrected chi connectivity index (χ3v) is 1.38. The van der Waals surface area contributed by atoms with E-state index in [0.717, 1.165) is 6.54 Å². The summed E-state index contributed by atoms with van der Waals surface area (Å²) in [5, 5.41) is 14.3. The molecular formula is C5H10N2O2. The summed E-state index contributed by atoms with van der Waals surface area (Å²) in [5.74, 6) is -0.753. The molecule has 0 bridgehead atoms. The minimum Gasteiger partial charge on any atom is -0.480 e. The highest BCUT2D eigenvalue weighted by atomic mass is 16.4. The molecule has 0 radical (unpaired) electrons. The van der Waals surface area contributed by atoms with Crippen molar-refractivity contribution in [1.29, 1.82) is 0 Å².